The Morgan fingerprint density at radius 1 is 1.20 bits per heavy atom. The smallest absolute Gasteiger partial charge is 0.0242 e. The van der Waals surface area contributed by atoms with Crippen LogP contribution in [0, 0.1) is 26.7 Å². The molecule has 0 spiro atoms. The van der Waals surface area contributed by atoms with Crippen molar-refractivity contribution >= 4 is 0 Å². The first-order chi connectivity index (χ1) is 9.55. The van der Waals surface area contributed by atoms with Crippen molar-refractivity contribution in [1.82, 2.24) is 4.90 Å². The zero-order chi connectivity index (χ0) is 14.7. The van der Waals surface area contributed by atoms with E-state index in [0.717, 1.165) is 19.0 Å². The Labute approximate surface area is 124 Å². The monoisotopic (exact) mass is 274 g/mol. The third-order valence-electron chi connectivity index (χ3n) is 5.00. The molecule has 1 aromatic carbocycles. The number of benzene rings is 1. The number of likely N-dealkylation sites (tertiary alicyclic amines) is 1. The lowest BCUT2D eigenvalue weighted by molar-refractivity contribution is 0.107. The molecular weight excluding hydrogens is 244 g/mol. The second kappa shape index (κ2) is 6.73. The van der Waals surface area contributed by atoms with Gasteiger partial charge in [-0.1, -0.05) is 31.0 Å². The summed E-state index contributed by atoms with van der Waals surface area (Å²) in [4.78, 5) is 2.61. The summed E-state index contributed by atoms with van der Waals surface area (Å²) in [6.45, 7) is 12.0. The molecular formula is C18H30N2. The van der Waals surface area contributed by atoms with E-state index < -0.39 is 0 Å². The molecule has 112 valence electrons. The standard InChI is InChI=1S/C18H30N2/c1-5-16-6-7-20(17(10-16)11-19)12-18-14(3)8-13(2)9-15(18)4/h8-9,16-17H,5-7,10-12,19H2,1-4H3. The Morgan fingerprint density at radius 2 is 1.85 bits per heavy atom. The molecule has 1 aliphatic heterocycles. The summed E-state index contributed by atoms with van der Waals surface area (Å²) in [5.74, 6) is 0.875. The lowest BCUT2D eigenvalue weighted by Crippen LogP contribution is -2.46. The van der Waals surface area contributed by atoms with E-state index in [1.165, 1.54) is 48.1 Å². The number of nitrogens with zero attached hydrogens (tertiary/aromatic N) is 1. The number of piperidine rings is 1. The van der Waals surface area contributed by atoms with Gasteiger partial charge in [-0.05, 0) is 62.8 Å². The first kappa shape index (κ1) is 15.5. The Hall–Kier alpha value is -0.860. The zero-order valence-corrected chi connectivity index (χ0v) is 13.6. The van der Waals surface area contributed by atoms with Gasteiger partial charge in [-0.25, -0.2) is 0 Å². The summed E-state index contributed by atoms with van der Waals surface area (Å²) >= 11 is 0. The lowest BCUT2D eigenvalue weighted by atomic mass is 9.88. The van der Waals surface area contributed by atoms with Gasteiger partial charge in [0.05, 0.1) is 0 Å². The molecule has 1 fully saturated rings. The molecule has 0 saturated carbocycles. The van der Waals surface area contributed by atoms with Gasteiger partial charge in [-0.2, -0.15) is 0 Å². The zero-order valence-electron chi connectivity index (χ0n) is 13.6. The fraction of sp³-hybridized carbons (Fsp3) is 0.667. The minimum Gasteiger partial charge on any atom is -0.329 e. The van der Waals surface area contributed by atoms with Crippen LogP contribution in [0.1, 0.15) is 48.4 Å². The van der Waals surface area contributed by atoms with Crippen molar-refractivity contribution < 1.29 is 0 Å². The van der Waals surface area contributed by atoms with Gasteiger partial charge in [0.15, 0.2) is 0 Å². The number of hydrogen-bond donors (Lipinski definition) is 1. The molecule has 2 nitrogen and oxygen atoms in total. The van der Waals surface area contributed by atoms with E-state index in [-0.39, 0.29) is 0 Å². The minimum absolute atomic E-state index is 0.564. The molecule has 0 aliphatic carbocycles. The van der Waals surface area contributed by atoms with Gasteiger partial charge in [-0.3, -0.25) is 4.90 Å². The number of rotatable bonds is 4. The predicted octanol–water partition coefficient (Wildman–Crippen LogP) is 3.56. The van der Waals surface area contributed by atoms with Crippen LogP contribution in [0.15, 0.2) is 12.1 Å². The molecule has 2 N–H and O–H groups in total. The molecule has 1 aromatic rings. The van der Waals surface area contributed by atoms with Gasteiger partial charge in [0.1, 0.15) is 0 Å². The van der Waals surface area contributed by atoms with Gasteiger partial charge in [0.2, 0.25) is 0 Å². The van der Waals surface area contributed by atoms with E-state index in [2.05, 4.69) is 44.7 Å². The Kier molecular flexibility index (Phi) is 5.22. The summed E-state index contributed by atoms with van der Waals surface area (Å²) in [5, 5.41) is 0. The van der Waals surface area contributed by atoms with Crippen molar-refractivity contribution in [3.63, 3.8) is 0 Å². The molecule has 20 heavy (non-hydrogen) atoms. The van der Waals surface area contributed by atoms with Gasteiger partial charge in [0.25, 0.3) is 0 Å². The van der Waals surface area contributed by atoms with Crippen LogP contribution in [-0.2, 0) is 6.54 Å². The molecule has 2 heteroatoms. The fourth-order valence-corrected chi connectivity index (χ4v) is 3.67. The van der Waals surface area contributed by atoms with Crippen LogP contribution in [0.4, 0.5) is 0 Å². The maximum absolute atomic E-state index is 6.02. The maximum atomic E-state index is 6.02. The van der Waals surface area contributed by atoms with E-state index >= 15 is 0 Å². The first-order valence-corrected chi connectivity index (χ1v) is 8.06. The van der Waals surface area contributed by atoms with Gasteiger partial charge in [0, 0.05) is 19.1 Å². The fourth-order valence-electron chi connectivity index (χ4n) is 3.67. The maximum Gasteiger partial charge on any atom is 0.0242 e. The van der Waals surface area contributed by atoms with Crippen molar-refractivity contribution in [3.8, 4) is 0 Å². The predicted molar refractivity (Wildman–Crippen MR) is 86.9 cm³/mol. The third-order valence-corrected chi connectivity index (χ3v) is 5.00. The average molecular weight is 274 g/mol. The molecule has 0 bridgehead atoms. The number of aryl methyl sites for hydroxylation is 3. The summed E-state index contributed by atoms with van der Waals surface area (Å²) < 4.78 is 0. The van der Waals surface area contributed by atoms with Crippen LogP contribution in [0.2, 0.25) is 0 Å². The van der Waals surface area contributed by atoms with Crippen LogP contribution in [-0.4, -0.2) is 24.0 Å². The van der Waals surface area contributed by atoms with E-state index in [4.69, 9.17) is 5.73 Å². The van der Waals surface area contributed by atoms with E-state index in [1.807, 2.05) is 0 Å². The first-order valence-electron chi connectivity index (χ1n) is 8.06. The summed E-state index contributed by atoms with van der Waals surface area (Å²) in [6, 6.07) is 5.17. The summed E-state index contributed by atoms with van der Waals surface area (Å²) in [6.07, 6.45) is 3.90. The molecule has 1 aliphatic rings. The van der Waals surface area contributed by atoms with Crippen LogP contribution in [0.25, 0.3) is 0 Å². The highest BCUT2D eigenvalue weighted by Crippen LogP contribution is 2.28. The Morgan fingerprint density at radius 3 is 2.40 bits per heavy atom. The average Bonchev–Trinajstić information content (AvgIpc) is 2.42. The highest BCUT2D eigenvalue weighted by Gasteiger charge is 2.27. The Bertz CT molecular complexity index is 430. The quantitative estimate of drug-likeness (QED) is 0.909. The van der Waals surface area contributed by atoms with Gasteiger partial charge in [-0.15, -0.1) is 0 Å². The molecule has 1 heterocycles. The normalized spacial score (nSPS) is 24.1. The van der Waals surface area contributed by atoms with Crippen molar-refractivity contribution in [1.29, 1.82) is 0 Å². The molecule has 2 atom stereocenters. The SMILES string of the molecule is CCC1CCN(Cc2c(C)cc(C)cc2C)C(CN)C1. The molecule has 0 radical (unpaired) electrons. The lowest BCUT2D eigenvalue weighted by Gasteiger charge is -2.39. The van der Waals surface area contributed by atoms with E-state index in [0.29, 0.717) is 6.04 Å². The summed E-state index contributed by atoms with van der Waals surface area (Å²) in [5.41, 5.74) is 11.7. The van der Waals surface area contributed by atoms with Crippen molar-refractivity contribution in [3.05, 3.63) is 34.4 Å². The van der Waals surface area contributed by atoms with Crippen molar-refractivity contribution in [2.45, 2.75) is 59.5 Å². The third kappa shape index (κ3) is 3.42. The second-order valence-electron chi connectivity index (χ2n) is 6.54. The summed E-state index contributed by atoms with van der Waals surface area (Å²) in [7, 11) is 0. The van der Waals surface area contributed by atoms with Crippen LogP contribution in [0.5, 0.6) is 0 Å². The van der Waals surface area contributed by atoms with Crippen LogP contribution in [0.3, 0.4) is 0 Å². The molecule has 1 saturated heterocycles. The molecule has 0 aromatic heterocycles. The van der Waals surface area contributed by atoms with Gasteiger partial charge < -0.3 is 5.73 Å². The molecule has 2 rings (SSSR count). The van der Waals surface area contributed by atoms with Crippen LogP contribution < -0.4 is 5.73 Å². The van der Waals surface area contributed by atoms with E-state index in [9.17, 15) is 0 Å². The second-order valence-corrected chi connectivity index (χ2v) is 6.54. The highest BCUT2D eigenvalue weighted by molar-refractivity contribution is 5.37. The van der Waals surface area contributed by atoms with E-state index in [1.54, 1.807) is 0 Å². The number of hydrogen-bond acceptors (Lipinski definition) is 2. The van der Waals surface area contributed by atoms with Crippen molar-refractivity contribution in [2.75, 3.05) is 13.1 Å². The largest absolute Gasteiger partial charge is 0.329 e. The minimum atomic E-state index is 0.564. The van der Waals surface area contributed by atoms with Crippen LogP contribution >= 0.6 is 0 Å². The van der Waals surface area contributed by atoms with Crippen molar-refractivity contribution in [2.24, 2.45) is 11.7 Å². The topological polar surface area (TPSA) is 29.3 Å². The molecule has 2 unspecified atom stereocenters. The number of nitrogens with two attached hydrogens (primary N) is 1. The highest BCUT2D eigenvalue weighted by atomic mass is 15.2. The van der Waals surface area contributed by atoms with Gasteiger partial charge >= 0.3 is 0 Å². The molecule has 0 amide bonds. The Balaban J connectivity index is 2.13.